The molecule has 0 radical (unpaired) electrons. The van der Waals surface area contributed by atoms with Gasteiger partial charge in [0, 0.05) is 26.3 Å². The summed E-state index contributed by atoms with van der Waals surface area (Å²) in [5.41, 5.74) is 2.03. The fourth-order valence-corrected chi connectivity index (χ4v) is 1.92. The normalized spacial score (nSPS) is 15.5. The van der Waals surface area contributed by atoms with Gasteiger partial charge in [0.1, 0.15) is 5.69 Å². The number of carbonyl (C=O) groups is 1. The highest BCUT2D eigenvalue weighted by atomic mass is 16.2. The molecule has 92 valence electrons. The van der Waals surface area contributed by atoms with Crippen molar-refractivity contribution in [2.24, 2.45) is 7.05 Å². The van der Waals surface area contributed by atoms with Crippen molar-refractivity contribution < 1.29 is 4.79 Å². The lowest BCUT2D eigenvalue weighted by Crippen LogP contribution is -2.28. The first-order chi connectivity index (χ1) is 8.27. The van der Waals surface area contributed by atoms with E-state index >= 15 is 0 Å². The molecule has 1 aliphatic rings. The molecule has 0 aliphatic carbocycles. The molecule has 0 spiro atoms. The Morgan fingerprint density at radius 3 is 3.18 bits per heavy atom. The summed E-state index contributed by atoms with van der Waals surface area (Å²) < 4.78 is 1.58. The number of nitrogens with one attached hydrogen (secondary N) is 2. The molecule has 0 unspecified atom stereocenters. The highest BCUT2D eigenvalue weighted by Crippen LogP contribution is 2.08. The van der Waals surface area contributed by atoms with E-state index in [2.05, 4.69) is 21.8 Å². The van der Waals surface area contributed by atoms with Gasteiger partial charge in [-0.05, 0) is 25.5 Å². The summed E-state index contributed by atoms with van der Waals surface area (Å²) in [7, 11) is 1.77. The molecule has 5 heteroatoms. The van der Waals surface area contributed by atoms with Crippen LogP contribution in [-0.2, 0) is 7.05 Å². The van der Waals surface area contributed by atoms with E-state index in [1.54, 1.807) is 24.0 Å². The molecule has 0 aromatic carbocycles. The Balaban J connectivity index is 1.77. The quantitative estimate of drug-likeness (QED) is 0.744. The SMILES string of the molecule is Cn1nccc1C(=O)NCCC1=CCNCC1. The third-order valence-corrected chi connectivity index (χ3v) is 2.94. The number of rotatable bonds is 4. The average Bonchev–Trinajstić information content (AvgIpc) is 2.77. The van der Waals surface area contributed by atoms with Crippen molar-refractivity contribution in [3.05, 3.63) is 29.6 Å². The van der Waals surface area contributed by atoms with Gasteiger partial charge in [-0.25, -0.2) is 0 Å². The lowest BCUT2D eigenvalue weighted by atomic mass is 10.1. The minimum absolute atomic E-state index is 0.0560. The summed E-state index contributed by atoms with van der Waals surface area (Å²) in [6.07, 6.45) is 5.86. The number of hydrogen-bond acceptors (Lipinski definition) is 3. The molecule has 1 amide bonds. The van der Waals surface area contributed by atoms with E-state index in [1.165, 1.54) is 5.57 Å². The van der Waals surface area contributed by atoms with Crippen molar-refractivity contribution in [2.75, 3.05) is 19.6 Å². The first-order valence-corrected chi connectivity index (χ1v) is 5.92. The van der Waals surface area contributed by atoms with Gasteiger partial charge in [-0.3, -0.25) is 9.48 Å². The minimum atomic E-state index is -0.0560. The topological polar surface area (TPSA) is 59.0 Å². The molecule has 0 bridgehead atoms. The van der Waals surface area contributed by atoms with Crippen LogP contribution < -0.4 is 10.6 Å². The lowest BCUT2D eigenvalue weighted by molar-refractivity contribution is 0.0944. The van der Waals surface area contributed by atoms with E-state index in [1.807, 2.05) is 0 Å². The molecule has 2 N–H and O–H groups in total. The molecule has 1 aromatic rings. The summed E-state index contributed by atoms with van der Waals surface area (Å²) in [4.78, 5) is 11.8. The number of carbonyl (C=O) groups excluding carboxylic acids is 1. The molecule has 17 heavy (non-hydrogen) atoms. The minimum Gasteiger partial charge on any atom is -0.350 e. The Labute approximate surface area is 101 Å². The van der Waals surface area contributed by atoms with Gasteiger partial charge in [-0.2, -0.15) is 5.10 Å². The van der Waals surface area contributed by atoms with E-state index in [-0.39, 0.29) is 5.91 Å². The molecule has 0 saturated carbocycles. The molecule has 1 aliphatic heterocycles. The van der Waals surface area contributed by atoms with Gasteiger partial charge >= 0.3 is 0 Å². The first kappa shape index (κ1) is 11.9. The lowest BCUT2D eigenvalue weighted by Gasteiger charge is -2.14. The molecule has 0 saturated heterocycles. The molecule has 1 aromatic heterocycles. The zero-order chi connectivity index (χ0) is 12.1. The predicted molar refractivity (Wildman–Crippen MR) is 65.7 cm³/mol. The van der Waals surface area contributed by atoms with Crippen LogP contribution in [0.25, 0.3) is 0 Å². The second kappa shape index (κ2) is 5.63. The second-order valence-corrected chi connectivity index (χ2v) is 4.16. The Kier molecular flexibility index (Phi) is 3.93. The monoisotopic (exact) mass is 234 g/mol. The second-order valence-electron chi connectivity index (χ2n) is 4.16. The zero-order valence-corrected chi connectivity index (χ0v) is 10.1. The highest BCUT2D eigenvalue weighted by Gasteiger charge is 2.09. The van der Waals surface area contributed by atoms with Gasteiger partial charge in [-0.1, -0.05) is 11.6 Å². The maximum atomic E-state index is 11.8. The smallest absolute Gasteiger partial charge is 0.269 e. The van der Waals surface area contributed by atoms with E-state index in [0.29, 0.717) is 12.2 Å². The summed E-state index contributed by atoms with van der Waals surface area (Å²) in [6, 6.07) is 1.72. The zero-order valence-electron chi connectivity index (χ0n) is 10.1. The maximum Gasteiger partial charge on any atom is 0.269 e. The molecule has 2 rings (SSSR count). The molecule has 0 atom stereocenters. The van der Waals surface area contributed by atoms with Crippen LogP contribution in [0.3, 0.4) is 0 Å². The van der Waals surface area contributed by atoms with Crippen LogP contribution in [0.15, 0.2) is 23.9 Å². The third kappa shape index (κ3) is 3.17. The standard InChI is InChI=1S/C12H18N4O/c1-16-11(5-9-15-16)12(17)14-8-4-10-2-6-13-7-3-10/h2,5,9,13H,3-4,6-8H2,1H3,(H,14,17). The van der Waals surface area contributed by atoms with Crippen molar-refractivity contribution in [3.8, 4) is 0 Å². The maximum absolute atomic E-state index is 11.8. The van der Waals surface area contributed by atoms with Crippen molar-refractivity contribution in [2.45, 2.75) is 12.8 Å². The highest BCUT2D eigenvalue weighted by molar-refractivity contribution is 5.92. The summed E-state index contributed by atoms with van der Waals surface area (Å²) in [6.45, 7) is 2.68. The van der Waals surface area contributed by atoms with Crippen molar-refractivity contribution in [1.29, 1.82) is 0 Å². The summed E-state index contributed by atoms with van der Waals surface area (Å²) in [5, 5.41) is 10.2. The Hall–Kier alpha value is -1.62. The number of hydrogen-bond donors (Lipinski definition) is 2. The van der Waals surface area contributed by atoms with Crippen LogP contribution >= 0.6 is 0 Å². The van der Waals surface area contributed by atoms with Crippen LogP contribution in [0.2, 0.25) is 0 Å². The molecule has 5 nitrogen and oxygen atoms in total. The van der Waals surface area contributed by atoms with Crippen molar-refractivity contribution in [1.82, 2.24) is 20.4 Å². The van der Waals surface area contributed by atoms with Crippen molar-refractivity contribution in [3.63, 3.8) is 0 Å². The molecular weight excluding hydrogens is 216 g/mol. The van der Waals surface area contributed by atoms with Gasteiger partial charge in [0.05, 0.1) is 0 Å². The molecule has 0 fully saturated rings. The number of nitrogens with zero attached hydrogens (tertiary/aromatic N) is 2. The number of amides is 1. The average molecular weight is 234 g/mol. The van der Waals surface area contributed by atoms with Gasteiger partial charge in [0.25, 0.3) is 5.91 Å². The van der Waals surface area contributed by atoms with Crippen LogP contribution in [0, 0.1) is 0 Å². The van der Waals surface area contributed by atoms with Gasteiger partial charge in [-0.15, -0.1) is 0 Å². The first-order valence-electron chi connectivity index (χ1n) is 5.92. The van der Waals surface area contributed by atoms with Crippen LogP contribution in [0.4, 0.5) is 0 Å². The number of aromatic nitrogens is 2. The van der Waals surface area contributed by atoms with Crippen LogP contribution in [0.1, 0.15) is 23.3 Å². The van der Waals surface area contributed by atoms with E-state index in [0.717, 1.165) is 25.9 Å². The van der Waals surface area contributed by atoms with Crippen molar-refractivity contribution >= 4 is 5.91 Å². The molecular formula is C12H18N4O. The van der Waals surface area contributed by atoms with Gasteiger partial charge < -0.3 is 10.6 Å². The fourth-order valence-electron chi connectivity index (χ4n) is 1.92. The molecule has 2 heterocycles. The fraction of sp³-hybridized carbons (Fsp3) is 0.500. The third-order valence-electron chi connectivity index (χ3n) is 2.94. The van der Waals surface area contributed by atoms with Gasteiger partial charge in [0.15, 0.2) is 0 Å². The van der Waals surface area contributed by atoms with Crippen LogP contribution in [0.5, 0.6) is 0 Å². The van der Waals surface area contributed by atoms with E-state index in [9.17, 15) is 4.79 Å². The van der Waals surface area contributed by atoms with E-state index < -0.39 is 0 Å². The summed E-state index contributed by atoms with van der Waals surface area (Å²) in [5.74, 6) is -0.0560. The van der Waals surface area contributed by atoms with Crippen LogP contribution in [-0.4, -0.2) is 35.3 Å². The largest absolute Gasteiger partial charge is 0.350 e. The predicted octanol–water partition coefficient (Wildman–Crippen LogP) is 0.460. The van der Waals surface area contributed by atoms with Gasteiger partial charge in [0.2, 0.25) is 0 Å². The van der Waals surface area contributed by atoms with E-state index in [4.69, 9.17) is 0 Å². The Morgan fingerprint density at radius 2 is 2.53 bits per heavy atom. The number of aryl methyl sites for hydroxylation is 1. The summed E-state index contributed by atoms with van der Waals surface area (Å²) >= 11 is 0. The Morgan fingerprint density at radius 1 is 1.65 bits per heavy atom. The Bertz CT molecular complexity index is 422.